The minimum atomic E-state index is -0.787. The summed E-state index contributed by atoms with van der Waals surface area (Å²) in [6, 6.07) is 5.81. The number of benzene rings is 1. The standard InChI is InChI=1S/C12H8F2N2O/c13-9-5-8(6-10(14)7-9)12(17)16-11-1-3-15-4-2-11/h1-7H,(H,15,16,17). The SMILES string of the molecule is O=C(Nc1ccncc1)c1cc(F)cc(F)c1. The zero-order chi connectivity index (χ0) is 12.3. The summed E-state index contributed by atoms with van der Waals surface area (Å²) >= 11 is 0. The molecule has 5 heteroatoms. The number of carbonyl (C=O) groups is 1. The fourth-order valence-corrected chi connectivity index (χ4v) is 1.32. The zero-order valence-electron chi connectivity index (χ0n) is 8.65. The minimum absolute atomic E-state index is 0.0701. The molecule has 0 aliphatic rings. The third-order valence-corrected chi connectivity index (χ3v) is 2.06. The van der Waals surface area contributed by atoms with Crippen LogP contribution in [-0.2, 0) is 0 Å². The fraction of sp³-hybridized carbons (Fsp3) is 0. The van der Waals surface area contributed by atoms with Crippen LogP contribution in [0.25, 0.3) is 0 Å². The van der Waals surface area contributed by atoms with Gasteiger partial charge in [-0.05, 0) is 24.3 Å². The fourth-order valence-electron chi connectivity index (χ4n) is 1.32. The summed E-state index contributed by atoms with van der Waals surface area (Å²) in [6.07, 6.45) is 3.00. The summed E-state index contributed by atoms with van der Waals surface area (Å²) in [6.45, 7) is 0. The van der Waals surface area contributed by atoms with Gasteiger partial charge >= 0.3 is 0 Å². The summed E-state index contributed by atoms with van der Waals surface area (Å²) in [4.78, 5) is 15.4. The molecule has 2 rings (SSSR count). The minimum Gasteiger partial charge on any atom is -0.322 e. The second-order valence-electron chi connectivity index (χ2n) is 3.35. The molecule has 0 atom stereocenters. The Balaban J connectivity index is 2.20. The Morgan fingerprint density at radius 3 is 2.24 bits per heavy atom. The highest BCUT2D eigenvalue weighted by Gasteiger charge is 2.09. The lowest BCUT2D eigenvalue weighted by Crippen LogP contribution is -2.12. The third-order valence-electron chi connectivity index (χ3n) is 2.06. The molecular formula is C12H8F2N2O. The Hall–Kier alpha value is -2.30. The molecule has 1 heterocycles. The van der Waals surface area contributed by atoms with Crippen LogP contribution in [-0.4, -0.2) is 10.9 Å². The molecule has 1 aromatic carbocycles. The van der Waals surface area contributed by atoms with Crippen molar-refractivity contribution in [2.75, 3.05) is 5.32 Å². The van der Waals surface area contributed by atoms with E-state index in [0.717, 1.165) is 12.1 Å². The number of halogens is 2. The van der Waals surface area contributed by atoms with Gasteiger partial charge in [0.2, 0.25) is 0 Å². The summed E-state index contributed by atoms with van der Waals surface area (Å²) in [5.41, 5.74) is 0.439. The van der Waals surface area contributed by atoms with E-state index in [9.17, 15) is 13.6 Å². The molecule has 0 aliphatic heterocycles. The van der Waals surface area contributed by atoms with Crippen LogP contribution in [0.5, 0.6) is 0 Å². The number of carbonyl (C=O) groups excluding carboxylic acids is 1. The Kier molecular flexibility index (Phi) is 3.09. The Bertz CT molecular complexity index is 523. The largest absolute Gasteiger partial charge is 0.322 e. The molecule has 0 fully saturated rings. The molecule has 17 heavy (non-hydrogen) atoms. The lowest BCUT2D eigenvalue weighted by Gasteiger charge is -2.04. The molecule has 1 amide bonds. The summed E-state index contributed by atoms with van der Waals surface area (Å²) in [7, 11) is 0. The number of nitrogens with one attached hydrogen (secondary N) is 1. The number of nitrogens with zero attached hydrogens (tertiary/aromatic N) is 1. The molecule has 0 saturated carbocycles. The first kappa shape index (κ1) is 11.2. The van der Waals surface area contributed by atoms with Crippen molar-refractivity contribution in [2.24, 2.45) is 0 Å². The van der Waals surface area contributed by atoms with E-state index < -0.39 is 17.5 Å². The lowest BCUT2D eigenvalue weighted by molar-refractivity contribution is 0.102. The van der Waals surface area contributed by atoms with Crippen molar-refractivity contribution in [1.29, 1.82) is 0 Å². The molecule has 1 aromatic heterocycles. The number of amides is 1. The highest BCUT2D eigenvalue weighted by Crippen LogP contribution is 2.11. The third kappa shape index (κ3) is 2.84. The van der Waals surface area contributed by atoms with Crippen molar-refractivity contribution >= 4 is 11.6 Å². The van der Waals surface area contributed by atoms with Crippen molar-refractivity contribution in [3.63, 3.8) is 0 Å². The lowest BCUT2D eigenvalue weighted by atomic mass is 10.2. The normalized spacial score (nSPS) is 10.0. The molecule has 1 N–H and O–H groups in total. The molecule has 0 saturated heterocycles. The van der Waals surface area contributed by atoms with Crippen LogP contribution in [0.3, 0.4) is 0 Å². The van der Waals surface area contributed by atoms with Gasteiger partial charge in [-0.25, -0.2) is 8.78 Å². The molecule has 0 aliphatic carbocycles. The van der Waals surface area contributed by atoms with Crippen LogP contribution >= 0.6 is 0 Å². The van der Waals surface area contributed by atoms with Gasteiger partial charge in [0.1, 0.15) is 11.6 Å². The van der Waals surface area contributed by atoms with E-state index in [1.165, 1.54) is 12.4 Å². The number of pyridine rings is 1. The topological polar surface area (TPSA) is 42.0 Å². The molecule has 0 spiro atoms. The smallest absolute Gasteiger partial charge is 0.255 e. The molecule has 3 nitrogen and oxygen atoms in total. The zero-order valence-corrected chi connectivity index (χ0v) is 8.65. The quantitative estimate of drug-likeness (QED) is 0.867. The van der Waals surface area contributed by atoms with Crippen LogP contribution in [0.4, 0.5) is 14.5 Å². The molecule has 0 unspecified atom stereocenters. The van der Waals surface area contributed by atoms with Gasteiger partial charge in [-0.1, -0.05) is 0 Å². The number of aromatic nitrogens is 1. The second-order valence-corrected chi connectivity index (χ2v) is 3.35. The predicted octanol–water partition coefficient (Wildman–Crippen LogP) is 2.61. The van der Waals surface area contributed by atoms with E-state index in [4.69, 9.17) is 0 Å². The number of rotatable bonds is 2. The van der Waals surface area contributed by atoms with Crippen molar-refractivity contribution in [1.82, 2.24) is 4.98 Å². The van der Waals surface area contributed by atoms with Gasteiger partial charge in [-0.3, -0.25) is 9.78 Å². The summed E-state index contributed by atoms with van der Waals surface area (Å²) in [5, 5.41) is 2.50. The first-order valence-electron chi connectivity index (χ1n) is 4.82. The highest BCUT2D eigenvalue weighted by atomic mass is 19.1. The molecule has 0 radical (unpaired) electrons. The van der Waals surface area contributed by atoms with E-state index in [1.54, 1.807) is 12.1 Å². The van der Waals surface area contributed by atoms with Crippen molar-refractivity contribution < 1.29 is 13.6 Å². The number of hydrogen-bond donors (Lipinski definition) is 1. The number of anilines is 1. The van der Waals surface area contributed by atoms with E-state index in [-0.39, 0.29) is 5.56 Å². The summed E-state index contributed by atoms with van der Waals surface area (Å²) < 4.78 is 25.8. The van der Waals surface area contributed by atoms with E-state index in [1.807, 2.05) is 0 Å². The van der Waals surface area contributed by atoms with Crippen LogP contribution in [0, 0.1) is 11.6 Å². The Morgan fingerprint density at radius 2 is 1.65 bits per heavy atom. The molecule has 0 bridgehead atoms. The van der Waals surface area contributed by atoms with Gasteiger partial charge in [0.15, 0.2) is 0 Å². The molecular weight excluding hydrogens is 226 g/mol. The van der Waals surface area contributed by atoms with Crippen LogP contribution in [0.1, 0.15) is 10.4 Å². The maximum absolute atomic E-state index is 12.9. The van der Waals surface area contributed by atoms with Crippen LogP contribution < -0.4 is 5.32 Å². The highest BCUT2D eigenvalue weighted by molar-refractivity contribution is 6.04. The van der Waals surface area contributed by atoms with Crippen molar-refractivity contribution in [3.8, 4) is 0 Å². The number of hydrogen-bond acceptors (Lipinski definition) is 2. The van der Waals surface area contributed by atoms with Gasteiger partial charge in [-0.15, -0.1) is 0 Å². The second kappa shape index (κ2) is 4.69. The maximum atomic E-state index is 12.9. The van der Waals surface area contributed by atoms with Gasteiger partial charge in [0, 0.05) is 29.7 Å². The van der Waals surface area contributed by atoms with Gasteiger partial charge in [-0.2, -0.15) is 0 Å². The van der Waals surface area contributed by atoms with Crippen molar-refractivity contribution in [2.45, 2.75) is 0 Å². The van der Waals surface area contributed by atoms with E-state index >= 15 is 0 Å². The van der Waals surface area contributed by atoms with E-state index in [2.05, 4.69) is 10.3 Å². The maximum Gasteiger partial charge on any atom is 0.255 e. The first-order chi connectivity index (χ1) is 8.15. The van der Waals surface area contributed by atoms with E-state index in [0.29, 0.717) is 11.8 Å². The Labute approximate surface area is 96.1 Å². The predicted molar refractivity (Wildman–Crippen MR) is 58.5 cm³/mol. The van der Waals surface area contributed by atoms with Gasteiger partial charge < -0.3 is 5.32 Å². The molecule has 86 valence electrons. The van der Waals surface area contributed by atoms with Gasteiger partial charge in [0.05, 0.1) is 0 Å². The summed E-state index contributed by atoms with van der Waals surface area (Å²) in [5.74, 6) is -2.15. The average molecular weight is 234 g/mol. The first-order valence-corrected chi connectivity index (χ1v) is 4.82. The van der Waals surface area contributed by atoms with Crippen LogP contribution in [0.15, 0.2) is 42.7 Å². The average Bonchev–Trinajstić information content (AvgIpc) is 2.29. The van der Waals surface area contributed by atoms with Crippen molar-refractivity contribution in [3.05, 3.63) is 59.9 Å². The Morgan fingerprint density at radius 1 is 1.06 bits per heavy atom. The van der Waals surface area contributed by atoms with Gasteiger partial charge in [0.25, 0.3) is 5.91 Å². The van der Waals surface area contributed by atoms with Crippen LogP contribution in [0.2, 0.25) is 0 Å². The monoisotopic (exact) mass is 234 g/mol. The molecule has 2 aromatic rings.